The summed E-state index contributed by atoms with van der Waals surface area (Å²) in [5, 5.41) is 9.15. The molecule has 2 aliphatic rings. The van der Waals surface area contributed by atoms with Crippen molar-refractivity contribution < 1.29 is 4.79 Å². The Kier molecular flexibility index (Phi) is 4.54. The van der Waals surface area contributed by atoms with E-state index in [-0.39, 0.29) is 17.9 Å². The first-order valence-corrected chi connectivity index (χ1v) is 9.38. The summed E-state index contributed by atoms with van der Waals surface area (Å²) in [4.78, 5) is 21.6. The topological polar surface area (TPSA) is 86.2 Å². The van der Waals surface area contributed by atoms with Crippen LogP contribution in [-0.4, -0.2) is 30.0 Å². The first kappa shape index (κ1) is 17.5. The summed E-state index contributed by atoms with van der Waals surface area (Å²) in [7, 11) is 0. The Hall–Kier alpha value is -2.91. The van der Waals surface area contributed by atoms with Gasteiger partial charge in [0.15, 0.2) is 0 Å². The number of fused-ring (bicyclic) bond motifs is 1. The molecule has 6 nitrogen and oxygen atoms in total. The highest BCUT2D eigenvalue weighted by atomic mass is 16.2. The lowest BCUT2D eigenvalue weighted by atomic mass is 10.0. The second-order valence-corrected chi connectivity index (χ2v) is 7.37. The monoisotopic (exact) mass is 361 g/mol. The minimum absolute atomic E-state index is 0.0496. The largest absolute Gasteiger partial charge is 0.368 e. The van der Waals surface area contributed by atoms with E-state index in [1.54, 1.807) is 12.3 Å². The number of amides is 1. The highest BCUT2D eigenvalue weighted by Crippen LogP contribution is 2.43. The summed E-state index contributed by atoms with van der Waals surface area (Å²) < 4.78 is 0. The average molecular weight is 361 g/mol. The van der Waals surface area contributed by atoms with Gasteiger partial charge in [0.1, 0.15) is 0 Å². The summed E-state index contributed by atoms with van der Waals surface area (Å²) in [6, 6.07) is 11.7. The molecule has 1 aromatic heterocycles. The van der Waals surface area contributed by atoms with Gasteiger partial charge in [0, 0.05) is 25.3 Å². The van der Waals surface area contributed by atoms with Crippen LogP contribution in [0.4, 0.5) is 11.4 Å². The van der Waals surface area contributed by atoms with Gasteiger partial charge in [-0.15, -0.1) is 0 Å². The van der Waals surface area contributed by atoms with E-state index >= 15 is 0 Å². The third-order valence-corrected chi connectivity index (χ3v) is 5.44. The van der Waals surface area contributed by atoms with Crippen molar-refractivity contribution in [1.82, 2.24) is 4.98 Å². The SMILES string of the molecule is CC1C(=O)N(Cc2cccc(C#N)c2)c2c(N3CCCC(N)C3)ccnc21. The molecule has 1 amide bonds. The molecular formula is C21H23N5O. The van der Waals surface area contributed by atoms with E-state index in [0.717, 1.165) is 48.6 Å². The number of nitrogens with two attached hydrogens (primary N) is 1. The van der Waals surface area contributed by atoms with Gasteiger partial charge in [0.25, 0.3) is 0 Å². The number of benzene rings is 1. The maximum absolute atomic E-state index is 13.0. The van der Waals surface area contributed by atoms with Gasteiger partial charge in [-0.1, -0.05) is 12.1 Å². The zero-order chi connectivity index (χ0) is 19.0. The van der Waals surface area contributed by atoms with Crippen LogP contribution in [0.1, 0.15) is 42.5 Å². The van der Waals surface area contributed by atoms with Crippen LogP contribution in [0.2, 0.25) is 0 Å². The number of aromatic nitrogens is 1. The fourth-order valence-corrected chi connectivity index (χ4v) is 4.08. The van der Waals surface area contributed by atoms with Crippen molar-refractivity contribution in [3.8, 4) is 6.07 Å². The molecule has 1 saturated heterocycles. The van der Waals surface area contributed by atoms with Gasteiger partial charge in [0.2, 0.25) is 5.91 Å². The summed E-state index contributed by atoms with van der Waals surface area (Å²) in [5.41, 5.74) is 10.5. The fourth-order valence-electron chi connectivity index (χ4n) is 4.08. The van der Waals surface area contributed by atoms with Crippen LogP contribution in [0.15, 0.2) is 36.5 Å². The number of nitrogens with zero attached hydrogens (tertiary/aromatic N) is 4. The number of piperidine rings is 1. The number of anilines is 2. The molecule has 0 saturated carbocycles. The van der Waals surface area contributed by atoms with Crippen LogP contribution in [0, 0.1) is 11.3 Å². The van der Waals surface area contributed by atoms with E-state index in [0.29, 0.717) is 12.1 Å². The zero-order valence-corrected chi connectivity index (χ0v) is 15.4. The maximum atomic E-state index is 13.0. The summed E-state index contributed by atoms with van der Waals surface area (Å²) in [5.74, 6) is -0.216. The lowest BCUT2D eigenvalue weighted by Crippen LogP contribution is -2.43. The highest BCUT2D eigenvalue weighted by molar-refractivity contribution is 6.07. The molecule has 2 N–H and O–H groups in total. The third-order valence-electron chi connectivity index (χ3n) is 5.44. The summed E-state index contributed by atoms with van der Waals surface area (Å²) >= 11 is 0. The van der Waals surface area contributed by atoms with Gasteiger partial charge in [0.05, 0.1) is 41.2 Å². The second-order valence-electron chi connectivity index (χ2n) is 7.37. The minimum Gasteiger partial charge on any atom is -0.368 e. The first-order chi connectivity index (χ1) is 13.1. The highest BCUT2D eigenvalue weighted by Gasteiger charge is 2.38. The molecule has 0 aliphatic carbocycles. The number of carbonyl (C=O) groups is 1. The molecular weight excluding hydrogens is 338 g/mol. The van der Waals surface area contributed by atoms with Crippen LogP contribution < -0.4 is 15.5 Å². The van der Waals surface area contributed by atoms with Gasteiger partial charge in [-0.05, 0) is 43.5 Å². The Morgan fingerprint density at radius 2 is 2.22 bits per heavy atom. The maximum Gasteiger partial charge on any atom is 0.236 e. The number of hydrogen-bond acceptors (Lipinski definition) is 5. The van der Waals surface area contributed by atoms with Crippen molar-refractivity contribution in [2.24, 2.45) is 5.73 Å². The molecule has 0 spiro atoms. The van der Waals surface area contributed by atoms with Gasteiger partial charge < -0.3 is 15.5 Å². The zero-order valence-electron chi connectivity index (χ0n) is 15.4. The Labute approximate surface area is 159 Å². The Morgan fingerprint density at radius 3 is 3.00 bits per heavy atom. The van der Waals surface area contributed by atoms with Crippen molar-refractivity contribution >= 4 is 17.3 Å². The Bertz CT molecular complexity index is 919. The van der Waals surface area contributed by atoms with Gasteiger partial charge >= 0.3 is 0 Å². The number of nitriles is 1. The number of pyridine rings is 1. The number of carbonyl (C=O) groups excluding carboxylic acids is 1. The predicted molar refractivity (Wildman–Crippen MR) is 104 cm³/mol. The molecule has 4 rings (SSSR count). The Morgan fingerprint density at radius 1 is 1.37 bits per heavy atom. The molecule has 138 valence electrons. The van der Waals surface area contributed by atoms with Crippen molar-refractivity contribution in [3.05, 3.63) is 53.3 Å². The first-order valence-electron chi connectivity index (χ1n) is 9.38. The van der Waals surface area contributed by atoms with Crippen LogP contribution in [0.3, 0.4) is 0 Å². The molecule has 6 heteroatoms. The van der Waals surface area contributed by atoms with Gasteiger partial charge in [-0.2, -0.15) is 5.26 Å². The van der Waals surface area contributed by atoms with Gasteiger partial charge in [-0.3, -0.25) is 9.78 Å². The van der Waals surface area contributed by atoms with Crippen molar-refractivity contribution in [3.63, 3.8) is 0 Å². The van der Waals surface area contributed by atoms with Crippen LogP contribution in [-0.2, 0) is 11.3 Å². The van der Waals surface area contributed by atoms with Gasteiger partial charge in [-0.25, -0.2) is 0 Å². The molecule has 1 fully saturated rings. The van der Waals surface area contributed by atoms with Crippen molar-refractivity contribution in [2.75, 3.05) is 22.9 Å². The number of rotatable bonds is 3. The van der Waals surface area contributed by atoms with Crippen LogP contribution in [0.5, 0.6) is 0 Å². The molecule has 0 radical (unpaired) electrons. The molecule has 2 aromatic rings. The molecule has 27 heavy (non-hydrogen) atoms. The van der Waals surface area contributed by atoms with E-state index in [9.17, 15) is 4.79 Å². The standard InChI is InChI=1S/C21H23N5O/c1-14-19-20(18(7-8-24-19)25-9-3-6-17(23)13-25)26(21(14)27)12-16-5-2-4-15(10-16)11-22/h2,4-5,7-8,10,14,17H,3,6,9,12-13,23H2,1H3. The lowest BCUT2D eigenvalue weighted by molar-refractivity contribution is -0.119. The molecule has 1 aromatic carbocycles. The fraction of sp³-hybridized carbons (Fsp3) is 0.381. The van der Waals surface area contributed by atoms with Crippen LogP contribution in [0.25, 0.3) is 0 Å². The van der Waals surface area contributed by atoms with Crippen molar-refractivity contribution in [1.29, 1.82) is 5.26 Å². The lowest BCUT2D eigenvalue weighted by Gasteiger charge is -2.35. The molecule has 2 aliphatic heterocycles. The molecule has 2 atom stereocenters. The van der Waals surface area contributed by atoms with E-state index < -0.39 is 0 Å². The summed E-state index contributed by atoms with van der Waals surface area (Å²) in [6.45, 7) is 4.07. The average Bonchev–Trinajstić information content (AvgIpc) is 2.93. The predicted octanol–water partition coefficient (Wildman–Crippen LogP) is 2.53. The minimum atomic E-state index is -0.266. The summed E-state index contributed by atoms with van der Waals surface area (Å²) in [6.07, 6.45) is 3.87. The normalized spacial score (nSPS) is 21.9. The third kappa shape index (κ3) is 3.15. The van der Waals surface area contributed by atoms with E-state index in [4.69, 9.17) is 11.0 Å². The van der Waals surface area contributed by atoms with Crippen molar-refractivity contribution in [2.45, 2.75) is 38.3 Å². The van der Waals surface area contributed by atoms with Crippen LogP contribution >= 0.6 is 0 Å². The molecule has 0 bridgehead atoms. The van der Waals surface area contributed by atoms with E-state index in [1.165, 1.54) is 0 Å². The number of hydrogen-bond donors (Lipinski definition) is 1. The molecule has 2 unspecified atom stereocenters. The quantitative estimate of drug-likeness (QED) is 0.908. The smallest absolute Gasteiger partial charge is 0.236 e. The second kappa shape index (κ2) is 7.01. The van der Waals surface area contributed by atoms with E-state index in [1.807, 2.05) is 36.1 Å². The Balaban J connectivity index is 1.73. The molecule has 3 heterocycles. The van der Waals surface area contributed by atoms with E-state index in [2.05, 4.69) is 16.0 Å².